The molecule has 0 aliphatic rings. The van der Waals surface area contributed by atoms with Gasteiger partial charge in [0.2, 0.25) is 10.0 Å². The van der Waals surface area contributed by atoms with E-state index in [1.807, 2.05) is 38.1 Å². The summed E-state index contributed by atoms with van der Waals surface area (Å²) >= 11 is 6.46. The molecule has 0 atom stereocenters. The smallest absolute Gasteiger partial charge is 0.238 e. The van der Waals surface area contributed by atoms with Crippen LogP contribution in [0, 0.1) is 13.8 Å². The molecule has 140 valence electrons. The molecule has 0 aliphatic heterocycles. The predicted molar refractivity (Wildman–Crippen MR) is 107 cm³/mol. The van der Waals surface area contributed by atoms with Crippen molar-refractivity contribution in [3.63, 3.8) is 0 Å². The third kappa shape index (κ3) is 4.36. The molecule has 0 bridgehead atoms. The van der Waals surface area contributed by atoms with Crippen LogP contribution < -0.4 is 10.6 Å². The van der Waals surface area contributed by atoms with Crippen LogP contribution in [0.2, 0.25) is 5.15 Å². The van der Waals surface area contributed by atoms with Gasteiger partial charge in [0.25, 0.3) is 0 Å². The van der Waals surface area contributed by atoms with Crippen molar-refractivity contribution in [3.8, 4) is 5.69 Å². The highest BCUT2D eigenvalue weighted by Gasteiger charge is 2.13. The van der Waals surface area contributed by atoms with E-state index in [1.54, 1.807) is 23.0 Å². The van der Waals surface area contributed by atoms with Gasteiger partial charge in [0, 0.05) is 0 Å². The fourth-order valence-corrected chi connectivity index (χ4v) is 3.24. The van der Waals surface area contributed by atoms with Gasteiger partial charge in [0.15, 0.2) is 0 Å². The number of anilines is 1. The molecule has 3 rings (SSSR count). The molecular weight excluding hydrogens is 386 g/mol. The summed E-state index contributed by atoms with van der Waals surface area (Å²) in [6, 6.07) is 13.8. The molecule has 0 spiro atoms. The van der Waals surface area contributed by atoms with Gasteiger partial charge in [-0.05, 0) is 50.2 Å². The Kier molecular flexibility index (Phi) is 5.31. The summed E-state index contributed by atoms with van der Waals surface area (Å²) in [5, 5.41) is 14.1. The average Bonchev–Trinajstić information content (AvgIpc) is 2.90. The van der Waals surface area contributed by atoms with E-state index in [1.165, 1.54) is 12.1 Å². The van der Waals surface area contributed by atoms with E-state index in [0.717, 1.165) is 16.9 Å². The highest BCUT2D eigenvalue weighted by Crippen LogP contribution is 2.22. The minimum atomic E-state index is -3.72. The quantitative estimate of drug-likeness (QED) is 0.504. The maximum Gasteiger partial charge on any atom is 0.238 e. The number of aryl methyl sites for hydroxylation is 2. The van der Waals surface area contributed by atoms with Crippen LogP contribution in [0.5, 0.6) is 0 Å². The highest BCUT2D eigenvalue weighted by molar-refractivity contribution is 7.89. The second-order valence-corrected chi connectivity index (χ2v) is 7.90. The Labute approximate surface area is 162 Å². The summed E-state index contributed by atoms with van der Waals surface area (Å²) in [7, 11) is -3.72. The third-order valence-corrected chi connectivity index (χ3v) is 5.19. The Hall–Kier alpha value is -2.68. The second-order valence-electron chi connectivity index (χ2n) is 5.98. The minimum absolute atomic E-state index is 0.0373. The molecule has 1 heterocycles. The van der Waals surface area contributed by atoms with Crippen LogP contribution in [-0.2, 0) is 10.0 Å². The van der Waals surface area contributed by atoms with Gasteiger partial charge in [-0.1, -0.05) is 29.3 Å². The number of hydrogen-bond acceptors (Lipinski definition) is 5. The number of sulfonamides is 1. The van der Waals surface area contributed by atoms with Crippen LogP contribution >= 0.6 is 11.6 Å². The van der Waals surface area contributed by atoms with Crippen LogP contribution in [0.25, 0.3) is 5.69 Å². The van der Waals surface area contributed by atoms with Crippen molar-refractivity contribution < 1.29 is 8.42 Å². The van der Waals surface area contributed by atoms with Gasteiger partial charge in [-0.15, -0.1) is 0 Å². The van der Waals surface area contributed by atoms with Crippen LogP contribution in [0.15, 0.2) is 58.5 Å². The highest BCUT2D eigenvalue weighted by atomic mass is 35.5. The fourth-order valence-electron chi connectivity index (χ4n) is 2.41. The lowest BCUT2D eigenvalue weighted by Crippen LogP contribution is -2.11. The molecule has 0 radical (unpaired) electrons. The number of benzene rings is 2. The van der Waals surface area contributed by atoms with Crippen molar-refractivity contribution in [1.82, 2.24) is 9.78 Å². The van der Waals surface area contributed by atoms with Crippen LogP contribution in [0.4, 0.5) is 5.69 Å². The lowest BCUT2D eigenvalue weighted by molar-refractivity contribution is 0.598. The van der Waals surface area contributed by atoms with Gasteiger partial charge in [-0.3, -0.25) is 5.43 Å². The molecule has 3 aromatic rings. The largest absolute Gasteiger partial charge is 0.279 e. The first kappa shape index (κ1) is 19.1. The number of hydrazone groups is 1. The number of primary sulfonamides is 1. The van der Waals surface area contributed by atoms with Gasteiger partial charge in [0.05, 0.1) is 33.7 Å². The summed E-state index contributed by atoms with van der Waals surface area (Å²) in [6.45, 7) is 3.86. The van der Waals surface area contributed by atoms with Gasteiger partial charge < -0.3 is 0 Å². The van der Waals surface area contributed by atoms with Crippen molar-refractivity contribution in [3.05, 3.63) is 70.5 Å². The fraction of sp³-hybridized carbons (Fsp3) is 0.111. The molecule has 0 aliphatic carbocycles. The minimum Gasteiger partial charge on any atom is -0.279 e. The molecule has 9 heteroatoms. The zero-order valence-corrected chi connectivity index (χ0v) is 16.3. The Morgan fingerprint density at radius 3 is 2.33 bits per heavy atom. The first-order valence-electron chi connectivity index (χ1n) is 8.00. The maximum atomic E-state index is 11.3. The normalized spacial score (nSPS) is 11.9. The zero-order valence-electron chi connectivity index (χ0n) is 14.7. The maximum absolute atomic E-state index is 11.3. The summed E-state index contributed by atoms with van der Waals surface area (Å²) < 4.78 is 24.2. The predicted octanol–water partition coefficient (Wildman–Crippen LogP) is 3.24. The molecule has 3 N–H and O–H groups in total. The molecule has 2 aromatic carbocycles. The molecule has 27 heavy (non-hydrogen) atoms. The monoisotopic (exact) mass is 403 g/mol. The third-order valence-electron chi connectivity index (χ3n) is 3.90. The van der Waals surface area contributed by atoms with Gasteiger partial charge in [0.1, 0.15) is 5.15 Å². The van der Waals surface area contributed by atoms with Crippen LogP contribution in [0.1, 0.15) is 16.8 Å². The van der Waals surface area contributed by atoms with Gasteiger partial charge in [-0.25, -0.2) is 18.2 Å². The Morgan fingerprint density at radius 1 is 1.11 bits per heavy atom. The summed E-state index contributed by atoms with van der Waals surface area (Å²) in [5.74, 6) is 0. The number of rotatable bonds is 5. The molecule has 7 nitrogen and oxygen atoms in total. The van der Waals surface area contributed by atoms with Crippen molar-refractivity contribution in [2.75, 3.05) is 5.43 Å². The van der Waals surface area contributed by atoms with Crippen molar-refractivity contribution in [2.24, 2.45) is 10.2 Å². The standard InChI is InChI=1S/C18H18ClN5O2S/c1-12-3-7-15(8-4-12)24-18(19)17(13(2)23-24)11-21-22-14-5-9-16(10-6-14)27(20,25)26/h3-11,22H,1-2H3,(H2,20,25,26)/b21-11+. The van der Waals surface area contributed by atoms with Crippen molar-refractivity contribution in [1.29, 1.82) is 0 Å². The first-order chi connectivity index (χ1) is 12.8. The second kappa shape index (κ2) is 7.51. The van der Waals surface area contributed by atoms with E-state index in [9.17, 15) is 8.42 Å². The van der Waals surface area contributed by atoms with E-state index in [0.29, 0.717) is 16.4 Å². The number of halogens is 1. The number of nitrogens with one attached hydrogen (secondary N) is 1. The van der Waals surface area contributed by atoms with E-state index < -0.39 is 10.0 Å². The zero-order chi connectivity index (χ0) is 19.6. The molecule has 0 fully saturated rings. The SMILES string of the molecule is Cc1ccc(-n2nc(C)c(/C=N/Nc3ccc(S(N)(=O)=O)cc3)c2Cl)cc1. The first-order valence-corrected chi connectivity index (χ1v) is 9.92. The molecule has 0 saturated carbocycles. The lowest BCUT2D eigenvalue weighted by atomic mass is 10.2. The Morgan fingerprint density at radius 2 is 1.74 bits per heavy atom. The topological polar surface area (TPSA) is 102 Å². The van der Waals surface area contributed by atoms with E-state index in [4.69, 9.17) is 16.7 Å². The van der Waals surface area contributed by atoms with Crippen molar-refractivity contribution in [2.45, 2.75) is 18.7 Å². The van der Waals surface area contributed by atoms with Gasteiger partial charge in [-0.2, -0.15) is 10.2 Å². The number of hydrogen-bond donors (Lipinski definition) is 2. The molecular formula is C18H18ClN5O2S. The Balaban J connectivity index is 1.78. The van der Waals surface area contributed by atoms with E-state index >= 15 is 0 Å². The van der Waals surface area contributed by atoms with Crippen molar-refractivity contribution >= 4 is 33.5 Å². The molecule has 0 amide bonds. The molecule has 0 unspecified atom stereocenters. The van der Waals surface area contributed by atoms with E-state index in [-0.39, 0.29) is 4.90 Å². The molecule has 1 aromatic heterocycles. The number of aromatic nitrogens is 2. The van der Waals surface area contributed by atoms with Gasteiger partial charge >= 0.3 is 0 Å². The number of nitrogens with two attached hydrogens (primary N) is 1. The average molecular weight is 404 g/mol. The van der Waals surface area contributed by atoms with Crippen LogP contribution in [0.3, 0.4) is 0 Å². The molecule has 0 saturated heterocycles. The summed E-state index contributed by atoms with van der Waals surface area (Å²) in [5.41, 5.74) is 6.86. The number of nitrogens with zero attached hydrogens (tertiary/aromatic N) is 3. The lowest BCUT2D eigenvalue weighted by Gasteiger charge is -2.03. The summed E-state index contributed by atoms with van der Waals surface area (Å²) in [6.07, 6.45) is 1.57. The van der Waals surface area contributed by atoms with E-state index in [2.05, 4.69) is 15.6 Å². The Bertz CT molecular complexity index is 1090. The van der Waals surface area contributed by atoms with Crippen LogP contribution in [-0.4, -0.2) is 24.4 Å². The summed E-state index contributed by atoms with van der Waals surface area (Å²) in [4.78, 5) is 0.0373.